The average molecular weight is 529 g/mol. The van der Waals surface area contributed by atoms with E-state index in [1.165, 1.54) is 87.5 Å². The molecule has 6 heteroatoms. The number of aryl methyl sites for hydroxylation is 2. The first-order chi connectivity index (χ1) is 19.0. The van der Waals surface area contributed by atoms with Crippen LogP contribution in [0.4, 0.5) is 0 Å². The second-order valence-corrected chi connectivity index (χ2v) is 12.6. The molecule has 0 N–H and O–H groups in total. The minimum absolute atomic E-state index is 0.635. The van der Waals surface area contributed by atoms with Crippen LogP contribution in [0.25, 0.3) is 22.4 Å². The standard InChI is InChI=1S/C33H44N4O2/c1-21-16-24(17-29-32(21)34-33(35(29)2)23-8-11-30(38-3)31(18-23)39-4)22-12-14-36(15-13-22)28-19-26-9-10-27(20-28)37(26)25-6-5-7-25/h8,11,16-18,22,25-28H,5-7,9-10,12-15,19-20H2,1-4H3. The van der Waals surface area contributed by atoms with Crippen molar-refractivity contribution in [1.29, 1.82) is 0 Å². The Kier molecular flexibility index (Phi) is 6.59. The van der Waals surface area contributed by atoms with Crippen LogP contribution in [0.3, 0.4) is 0 Å². The molecule has 1 saturated carbocycles. The minimum atomic E-state index is 0.635. The number of hydrogen-bond donors (Lipinski definition) is 0. The lowest BCUT2D eigenvalue weighted by molar-refractivity contribution is -0.000820. The third kappa shape index (κ3) is 4.35. The van der Waals surface area contributed by atoms with Crippen LogP contribution in [0, 0.1) is 6.92 Å². The van der Waals surface area contributed by atoms with Gasteiger partial charge in [0.1, 0.15) is 5.82 Å². The number of hydrogen-bond acceptors (Lipinski definition) is 5. The predicted octanol–water partition coefficient (Wildman–Crippen LogP) is 6.29. The monoisotopic (exact) mass is 528 g/mol. The number of imidazole rings is 1. The predicted molar refractivity (Wildman–Crippen MR) is 157 cm³/mol. The number of likely N-dealkylation sites (tertiary alicyclic amines) is 1. The molecule has 4 aliphatic rings. The molecule has 0 spiro atoms. The third-order valence-electron chi connectivity index (χ3n) is 10.6. The van der Waals surface area contributed by atoms with Crippen LogP contribution in [0.5, 0.6) is 11.5 Å². The first kappa shape index (κ1) is 25.4. The Balaban J connectivity index is 1.07. The summed E-state index contributed by atoms with van der Waals surface area (Å²) in [6.07, 6.45) is 12.6. The van der Waals surface area contributed by atoms with Crippen molar-refractivity contribution in [2.75, 3.05) is 27.3 Å². The van der Waals surface area contributed by atoms with Crippen LogP contribution in [0.1, 0.15) is 74.8 Å². The van der Waals surface area contributed by atoms with E-state index in [1.807, 2.05) is 12.1 Å². The molecule has 2 bridgehead atoms. The maximum Gasteiger partial charge on any atom is 0.161 e. The number of piperidine rings is 2. The van der Waals surface area contributed by atoms with Crippen LogP contribution in [0.15, 0.2) is 30.3 Å². The summed E-state index contributed by atoms with van der Waals surface area (Å²) in [5, 5.41) is 0. The molecular weight excluding hydrogens is 484 g/mol. The van der Waals surface area contributed by atoms with E-state index in [4.69, 9.17) is 14.5 Å². The lowest BCUT2D eigenvalue weighted by Crippen LogP contribution is -2.56. The lowest BCUT2D eigenvalue weighted by atomic mass is 9.84. The Morgan fingerprint density at radius 1 is 0.795 bits per heavy atom. The van der Waals surface area contributed by atoms with E-state index in [1.54, 1.807) is 14.2 Å². The maximum absolute atomic E-state index is 5.56. The van der Waals surface area contributed by atoms with Crippen molar-refractivity contribution in [3.8, 4) is 22.9 Å². The van der Waals surface area contributed by atoms with Gasteiger partial charge in [-0.15, -0.1) is 0 Å². The van der Waals surface area contributed by atoms with Crippen molar-refractivity contribution < 1.29 is 9.47 Å². The molecule has 7 rings (SSSR count). The molecule has 3 saturated heterocycles. The third-order valence-corrected chi connectivity index (χ3v) is 10.6. The van der Waals surface area contributed by atoms with Gasteiger partial charge in [0.15, 0.2) is 11.5 Å². The van der Waals surface area contributed by atoms with E-state index in [0.29, 0.717) is 5.92 Å². The van der Waals surface area contributed by atoms with Gasteiger partial charge in [-0.1, -0.05) is 12.5 Å². The van der Waals surface area contributed by atoms with E-state index >= 15 is 0 Å². The van der Waals surface area contributed by atoms with Gasteiger partial charge in [-0.25, -0.2) is 4.98 Å². The fourth-order valence-electron chi connectivity index (χ4n) is 8.32. The quantitative estimate of drug-likeness (QED) is 0.376. The van der Waals surface area contributed by atoms with Crippen LogP contribution >= 0.6 is 0 Å². The average Bonchev–Trinajstić information content (AvgIpc) is 3.38. The zero-order valence-electron chi connectivity index (χ0n) is 24.2. The van der Waals surface area contributed by atoms with Crippen molar-refractivity contribution in [1.82, 2.24) is 19.4 Å². The van der Waals surface area contributed by atoms with Gasteiger partial charge in [0.25, 0.3) is 0 Å². The van der Waals surface area contributed by atoms with Gasteiger partial charge in [0, 0.05) is 36.8 Å². The van der Waals surface area contributed by atoms with E-state index in [-0.39, 0.29) is 0 Å². The molecule has 1 aromatic heterocycles. The number of methoxy groups -OCH3 is 2. The highest BCUT2D eigenvalue weighted by atomic mass is 16.5. The van der Waals surface area contributed by atoms with Gasteiger partial charge in [-0.3, -0.25) is 4.90 Å². The lowest BCUT2D eigenvalue weighted by Gasteiger charge is -2.50. The number of fused-ring (bicyclic) bond motifs is 3. The Morgan fingerprint density at radius 2 is 1.51 bits per heavy atom. The Hall–Kier alpha value is -2.57. The van der Waals surface area contributed by atoms with Gasteiger partial charge < -0.3 is 18.9 Å². The van der Waals surface area contributed by atoms with Crippen molar-refractivity contribution in [3.05, 3.63) is 41.5 Å². The number of aromatic nitrogens is 2. The van der Waals surface area contributed by atoms with Crippen LogP contribution < -0.4 is 9.47 Å². The first-order valence-electron chi connectivity index (χ1n) is 15.2. The van der Waals surface area contributed by atoms with Gasteiger partial charge in [0.05, 0.1) is 25.3 Å². The molecule has 208 valence electrons. The van der Waals surface area contributed by atoms with E-state index in [9.17, 15) is 0 Å². The number of rotatable bonds is 6. The van der Waals surface area contributed by atoms with Gasteiger partial charge in [-0.05, 0) is 113 Å². The first-order valence-corrected chi connectivity index (χ1v) is 15.2. The van der Waals surface area contributed by atoms with Crippen molar-refractivity contribution in [2.24, 2.45) is 7.05 Å². The van der Waals surface area contributed by atoms with E-state index in [2.05, 4.69) is 46.5 Å². The van der Waals surface area contributed by atoms with Crippen LogP contribution in [0.2, 0.25) is 0 Å². The number of benzene rings is 2. The zero-order valence-corrected chi connectivity index (χ0v) is 24.2. The second-order valence-electron chi connectivity index (χ2n) is 12.6. The van der Waals surface area contributed by atoms with Crippen molar-refractivity contribution in [3.63, 3.8) is 0 Å². The summed E-state index contributed by atoms with van der Waals surface area (Å²) in [6, 6.07) is 14.3. The summed E-state index contributed by atoms with van der Waals surface area (Å²) in [5.41, 5.74) is 6.11. The van der Waals surface area contributed by atoms with Gasteiger partial charge in [-0.2, -0.15) is 0 Å². The summed E-state index contributed by atoms with van der Waals surface area (Å²) in [6.45, 7) is 4.72. The molecule has 0 amide bonds. The molecule has 4 heterocycles. The summed E-state index contributed by atoms with van der Waals surface area (Å²) < 4.78 is 13.2. The molecule has 39 heavy (non-hydrogen) atoms. The Bertz CT molecular complexity index is 1340. The normalized spacial score (nSPS) is 26.7. The fourth-order valence-corrected chi connectivity index (χ4v) is 8.32. The SMILES string of the molecule is COc1ccc(-c2nc3c(C)cc(C4CCN(C5CC6CCC(C5)N6C5CCC5)CC4)cc3n2C)cc1OC. The number of nitrogens with zero attached hydrogens (tertiary/aromatic N) is 4. The molecular formula is C33H44N4O2. The van der Waals surface area contributed by atoms with Crippen molar-refractivity contribution in [2.45, 2.75) is 94.8 Å². The highest BCUT2D eigenvalue weighted by molar-refractivity contribution is 5.84. The summed E-state index contributed by atoms with van der Waals surface area (Å²) in [5.74, 6) is 3.06. The largest absolute Gasteiger partial charge is 0.493 e. The molecule has 0 radical (unpaired) electrons. The number of ether oxygens (including phenoxy) is 2. The Labute approximate surface area is 233 Å². The molecule has 2 aromatic carbocycles. The highest BCUT2D eigenvalue weighted by Crippen LogP contribution is 2.44. The summed E-state index contributed by atoms with van der Waals surface area (Å²) in [4.78, 5) is 10.9. The smallest absolute Gasteiger partial charge is 0.161 e. The fraction of sp³-hybridized carbons (Fsp3) is 0.606. The minimum Gasteiger partial charge on any atom is -0.493 e. The van der Waals surface area contributed by atoms with E-state index < -0.39 is 0 Å². The second kappa shape index (κ2) is 10.1. The molecule has 2 atom stereocenters. The zero-order chi connectivity index (χ0) is 26.7. The van der Waals surface area contributed by atoms with Gasteiger partial charge >= 0.3 is 0 Å². The molecule has 3 aromatic rings. The Morgan fingerprint density at radius 3 is 2.15 bits per heavy atom. The molecule has 4 fully saturated rings. The van der Waals surface area contributed by atoms with Crippen LogP contribution in [-0.2, 0) is 7.05 Å². The van der Waals surface area contributed by atoms with E-state index in [0.717, 1.165) is 52.6 Å². The highest BCUT2D eigenvalue weighted by Gasteiger charge is 2.46. The maximum atomic E-state index is 5.56. The van der Waals surface area contributed by atoms with Gasteiger partial charge in [0.2, 0.25) is 0 Å². The molecule has 3 aliphatic heterocycles. The van der Waals surface area contributed by atoms with Crippen LogP contribution in [-0.4, -0.2) is 70.8 Å². The molecule has 6 nitrogen and oxygen atoms in total. The van der Waals surface area contributed by atoms with Crippen molar-refractivity contribution >= 4 is 11.0 Å². The summed E-state index contributed by atoms with van der Waals surface area (Å²) in [7, 11) is 5.49. The summed E-state index contributed by atoms with van der Waals surface area (Å²) >= 11 is 0. The topological polar surface area (TPSA) is 42.8 Å². The molecule has 2 unspecified atom stereocenters. The molecule has 1 aliphatic carbocycles.